The highest BCUT2D eigenvalue weighted by Crippen LogP contribution is 2.29. The van der Waals surface area contributed by atoms with Gasteiger partial charge >= 0.3 is 0 Å². The Bertz CT molecular complexity index is 604. The molecular weight excluding hydrogens is 236 g/mol. The minimum Gasteiger partial charge on any atom is -0.496 e. The maximum atomic E-state index is 10.5. The van der Waals surface area contributed by atoms with Crippen molar-refractivity contribution in [2.45, 2.75) is 12.5 Å². The number of rotatable bonds is 2. The SMILES string of the molecule is COc1ccccc1C(C)(O)C#Cc1ccccc1. The van der Waals surface area contributed by atoms with Crippen LogP contribution in [0.15, 0.2) is 54.6 Å². The van der Waals surface area contributed by atoms with E-state index in [1.165, 1.54) is 0 Å². The Labute approximate surface area is 113 Å². The first-order valence-corrected chi connectivity index (χ1v) is 6.07. The summed E-state index contributed by atoms with van der Waals surface area (Å²) < 4.78 is 5.26. The molecule has 2 aromatic carbocycles. The van der Waals surface area contributed by atoms with Gasteiger partial charge in [-0.1, -0.05) is 48.2 Å². The number of hydrogen-bond acceptors (Lipinski definition) is 2. The summed E-state index contributed by atoms with van der Waals surface area (Å²) >= 11 is 0. The first kappa shape index (κ1) is 13.2. The molecule has 1 atom stereocenters. The van der Waals surface area contributed by atoms with Gasteiger partial charge in [0.2, 0.25) is 0 Å². The van der Waals surface area contributed by atoms with Gasteiger partial charge in [0.15, 0.2) is 5.60 Å². The van der Waals surface area contributed by atoms with Crippen molar-refractivity contribution in [3.8, 4) is 17.6 Å². The fraction of sp³-hybridized carbons (Fsp3) is 0.176. The molecule has 1 unspecified atom stereocenters. The molecule has 96 valence electrons. The van der Waals surface area contributed by atoms with Crippen molar-refractivity contribution in [1.82, 2.24) is 0 Å². The first-order valence-electron chi connectivity index (χ1n) is 6.07. The molecule has 1 N–H and O–H groups in total. The smallest absolute Gasteiger partial charge is 0.152 e. The molecule has 2 heteroatoms. The molecule has 2 aromatic rings. The third-order valence-electron chi connectivity index (χ3n) is 2.86. The van der Waals surface area contributed by atoms with Crippen molar-refractivity contribution in [2.75, 3.05) is 7.11 Å². The van der Waals surface area contributed by atoms with Gasteiger partial charge in [0.05, 0.1) is 7.11 Å². The maximum absolute atomic E-state index is 10.5. The molecule has 2 rings (SSSR count). The molecule has 2 nitrogen and oxygen atoms in total. The molecule has 0 heterocycles. The molecule has 0 fully saturated rings. The Morgan fingerprint density at radius 3 is 2.32 bits per heavy atom. The summed E-state index contributed by atoms with van der Waals surface area (Å²) in [6.07, 6.45) is 0. The normalized spacial score (nSPS) is 13.0. The van der Waals surface area contributed by atoms with Crippen LogP contribution in [0.25, 0.3) is 0 Å². The second-order valence-corrected chi connectivity index (χ2v) is 4.39. The topological polar surface area (TPSA) is 29.5 Å². The molecule has 0 aliphatic rings. The van der Waals surface area contributed by atoms with Crippen molar-refractivity contribution in [3.63, 3.8) is 0 Å². The van der Waals surface area contributed by atoms with Gasteiger partial charge in [-0.3, -0.25) is 0 Å². The summed E-state index contributed by atoms with van der Waals surface area (Å²) in [5.41, 5.74) is 0.293. The van der Waals surface area contributed by atoms with Crippen LogP contribution in [0.4, 0.5) is 0 Å². The molecule has 0 aromatic heterocycles. The van der Waals surface area contributed by atoms with E-state index in [9.17, 15) is 5.11 Å². The summed E-state index contributed by atoms with van der Waals surface area (Å²) in [7, 11) is 1.58. The molecule has 0 radical (unpaired) electrons. The molecule has 0 spiro atoms. The zero-order valence-electron chi connectivity index (χ0n) is 11.1. The van der Waals surface area contributed by atoms with Crippen molar-refractivity contribution in [3.05, 3.63) is 65.7 Å². The second kappa shape index (κ2) is 5.60. The molecule has 0 bridgehead atoms. The largest absolute Gasteiger partial charge is 0.496 e. The number of para-hydroxylation sites is 1. The Kier molecular flexibility index (Phi) is 3.89. The molecule has 19 heavy (non-hydrogen) atoms. The number of ether oxygens (including phenoxy) is 1. The van der Waals surface area contributed by atoms with Crippen LogP contribution >= 0.6 is 0 Å². The third kappa shape index (κ3) is 3.15. The van der Waals surface area contributed by atoms with Crippen molar-refractivity contribution in [1.29, 1.82) is 0 Å². The standard InChI is InChI=1S/C17H16O2/c1-17(18,13-12-14-8-4-3-5-9-14)15-10-6-7-11-16(15)19-2/h3-11,18H,1-2H3. The zero-order chi connectivity index (χ0) is 13.7. The lowest BCUT2D eigenvalue weighted by Gasteiger charge is -2.19. The summed E-state index contributed by atoms with van der Waals surface area (Å²) in [5, 5.41) is 10.5. The Morgan fingerprint density at radius 1 is 1.00 bits per heavy atom. The van der Waals surface area contributed by atoms with E-state index < -0.39 is 5.60 Å². The number of benzene rings is 2. The van der Waals surface area contributed by atoms with Gasteiger partial charge in [-0.2, -0.15) is 0 Å². The van der Waals surface area contributed by atoms with Crippen molar-refractivity contribution in [2.24, 2.45) is 0 Å². The van der Waals surface area contributed by atoms with Gasteiger partial charge in [-0.05, 0) is 25.1 Å². The van der Waals surface area contributed by atoms with E-state index in [0.717, 1.165) is 5.56 Å². The fourth-order valence-corrected chi connectivity index (χ4v) is 1.83. The first-order chi connectivity index (χ1) is 9.13. The summed E-state index contributed by atoms with van der Waals surface area (Å²) in [4.78, 5) is 0. The number of aliphatic hydroxyl groups is 1. The monoisotopic (exact) mass is 252 g/mol. The van der Waals surface area contributed by atoms with Crippen LogP contribution in [0.1, 0.15) is 18.1 Å². The molecule has 0 aliphatic carbocycles. The highest BCUT2D eigenvalue weighted by Gasteiger charge is 2.23. The Balaban J connectivity index is 2.35. The fourth-order valence-electron chi connectivity index (χ4n) is 1.83. The second-order valence-electron chi connectivity index (χ2n) is 4.39. The lowest BCUT2D eigenvalue weighted by Crippen LogP contribution is -2.19. The van der Waals surface area contributed by atoms with E-state index in [1.54, 1.807) is 14.0 Å². The quantitative estimate of drug-likeness (QED) is 0.833. The molecule has 0 saturated carbocycles. The predicted octanol–water partition coefficient (Wildman–Crippen LogP) is 2.95. The van der Waals surface area contributed by atoms with Gasteiger partial charge in [0.25, 0.3) is 0 Å². The highest BCUT2D eigenvalue weighted by atomic mass is 16.5. The van der Waals surface area contributed by atoms with E-state index in [4.69, 9.17) is 4.74 Å². The number of methoxy groups -OCH3 is 1. The molecule has 0 aliphatic heterocycles. The highest BCUT2D eigenvalue weighted by molar-refractivity contribution is 5.44. The third-order valence-corrected chi connectivity index (χ3v) is 2.86. The Hall–Kier alpha value is -2.24. The van der Waals surface area contributed by atoms with E-state index in [2.05, 4.69) is 11.8 Å². The van der Waals surface area contributed by atoms with E-state index >= 15 is 0 Å². The zero-order valence-corrected chi connectivity index (χ0v) is 11.1. The van der Waals surface area contributed by atoms with Crippen LogP contribution in [-0.2, 0) is 5.60 Å². The van der Waals surface area contributed by atoms with E-state index in [0.29, 0.717) is 11.3 Å². The van der Waals surface area contributed by atoms with E-state index in [1.807, 2.05) is 54.6 Å². The van der Waals surface area contributed by atoms with Crippen molar-refractivity contribution >= 4 is 0 Å². The lowest BCUT2D eigenvalue weighted by atomic mass is 9.95. The minimum atomic E-state index is -1.25. The number of hydrogen-bond donors (Lipinski definition) is 1. The van der Waals surface area contributed by atoms with Crippen molar-refractivity contribution < 1.29 is 9.84 Å². The van der Waals surface area contributed by atoms with E-state index in [-0.39, 0.29) is 0 Å². The summed E-state index contributed by atoms with van der Waals surface area (Å²) in [6.45, 7) is 1.67. The molecule has 0 amide bonds. The molecular formula is C17H16O2. The van der Waals surface area contributed by atoms with Crippen LogP contribution in [0, 0.1) is 11.8 Å². The van der Waals surface area contributed by atoms with Crippen LogP contribution in [0.3, 0.4) is 0 Å². The average Bonchev–Trinajstić information content (AvgIpc) is 2.46. The van der Waals surface area contributed by atoms with Gasteiger partial charge in [0.1, 0.15) is 5.75 Å². The van der Waals surface area contributed by atoms with Crippen LogP contribution in [-0.4, -0.2) is 12.2 Å². The Morgan fingerprint density at radius 2 is 1.63 bits per heavy atom. The van der Waals surface area contributed by atoms with Gasteiger partial charge in [-0.15, -0.1) is 0 Å². The van der Waals surface area contributed by atoms with Gasteiger partial charge in [-0.25, -0.2) is 0 Å². The van der Waals surface area contributed by atoms with Gasteiger partial charge < -0.3 is 9.84 Å². The summed E-state index contributed by atoms with van der Waals surface area (Å²) in [6, 6.07) is 16.9. The predicted molar refractivity (Wildman–Crippen MR) is 75.9 cm³/mol. The minimum absolute atomic E-state index is 0.634. The van der Waals surface area contributed by atoms with Crippen LogP contribution < -0.4 is 4.74 Å². The lowest BCUT2D eigenvalue weighted by molar-refractivity contribution is 0.118. The maximum Gasteiger partial charge on any atom is 0.152 e. The summed E-state index contributed by atoms with van der Waals surface area (Å²) in [5.74, 6) is 6.51. The van der Waals surface area contributed by atoms with Gasteiger partial charge in [0, 0.05) is 11.1 Å². The van der Waals surface area contributed by atoms with Crippen LogP contribution in [0.5, 0.6) is 5.75 Å². The average molecular weight is 252 g/mol. The molecule has 0 saturated heterocycles. The van der Waals surface area contributed by atoms with Crippen LogP contribution in [0.2, 0.25) is 0 Å².